The number of rotatable bonds is 4. The Morgan fingerprint density at radius 2 is 2.05 bits per heavy atom. The van der Waals surface area contributed by atoms with Gasteiger partial charge in [0.2, 0.25) is 0 Å². The van der Waals surface area contributed by atoms with Crippen molar-refractivity contribution in [2.24, 2.45) is 0 Å². The number of halogens is 4. The van der Waals surface area contributed by atoms with Gasteiger partial charge in [0.25, 0.3) is 0 Å². The molecule has 20 heavy (non-hydrogen) atoms. The van der Waals surface area contributed by atoms with E-state index in [1.54, 1.807) is 6.92 Å². The third kappa shape index (κ3) is 2.92. The van der Waals surface area contributed by atoms with E-state index in [9.17, 15) is 13.2 Å². The van der Waals surface area contributed by atoms with Crippen molar-refractivity contribution in [1.82, 2.24) is 9.55 Å². The topological polar surface area (TPSA) is 17.8 Å². The molecule has 0 radical (unpaired) electrons. The highest BCUT2D eigenvalue weighted by Crippen LogP contribution is 2.32. The molecule has 2 rings (SSSR count). The molecule has 110 valence electrons. The number of fused-ring (bicyclic) bond motifs is 1. The van der Waals surface area contributed by atoms with Crippen LogP contribution in [0.1, 0.15) is 43.5 Å². The fourth-order valence-electron chi connectivity index (χ4n) is 2.18. The van der Waals surface area contributed by atoms with E-state index in [1.807, 2.05) is 4.57 Å². The minimum atomic E-state index is -4.35. The zero-order valence-corrected chi connectivity index (χ0v) is 12.1. The molecule has 0 aliphatic heterocycles. The lowest BCUT2D eigenvalue weighted by atomic mass is 10.2. The number of nitrogens with zero attached hydrogens (tertiary/aromatic N) is 2. The summed E-state index contributed by atoms with van der Waals surface area (Å²) in [5.74, 6) is 0.620. The summed E-state index contributed by atoms with van der Waals surface area (Å²) in [4.78, 5) is 4.27. The quantitative estimate of drug-likeness (QED) is 0.714. The van der Waals surface area contributed by atoms with E-state index in [0.717, 1.165) is 25.0 Å². The van der Waals surface area contributed by atoms with E-state index >= 15 is 0 Å². The van der Waals surface area contributed by atoms with Crippen LogP contribution in [0, 0.1) is 0 Å². The summed E-state index contributed by atoms with van der Waals surface area (Å²) in [5, 5.41) is -0.339. The van der Waals surface area contributed by atoms with Crippen LogP contribution < -0.4 is 0 Å². The summed E-state index contributed by atoms with van der Waals surface area (Å²) in [7, 11) is 0. The van der Waals surface area contributed by atoms with Crippen molar-refractivity contribution in [2.45, 2.75) is 44.8 Å². The highest BCUT2D eigenvalue weighted by Gasteiger charge is 2.31. The fourth-order valence-corrected chi connectivity index (χ4v) is 2.35. The van der Waals surface area contributed by atoms with Gasteiger partial charge >= 0.3 is 6.18 Å². The lowest BCUT2D eigenvalue weighted by molar-refractivity contribution is -0.137. The average molecular weight is 305 g/mol. The summed E-state index contributed by atoms with van der Waals surface area (Å²) in [6.45, 7) is 4.55. The molecule has 0 saturated heterocycles. The van der Waals surface area contributed by atoms with Gasteiger partial charge in [-0.25, -0.2) is 4.98 Å². The van der Waals surface area contributed by atoms with E-state index in [1.165, 1.54) is 6.07 Å². The van der Waals surface area contributed by atoms with Crippen molar-refractivity contribution in [3.63, 3.8) is 0 Å². The number of aryl methyl sites for hydroxylation is 1. The van der Waals surface area contributed by atoms with Crippen LogP contribution in [0.3, 0.4) is 0 Å². The molecule has 1 aromatic carbocycles. The second-order valence-corrected chi connectivity index (χ2v) is 5.45. The smallest absolute Gasteiger partial charge is 0.327 e. The van der Waals surface area contributed by atoms with Crippen molar-refractivity contribution in [1.29, 1.82) is 0 Å². The first kappa shape index (κ1) is 15.2. The zero-order chi connectivity index (χ0) is 14.9. The molecule has 1 atom stereocenters. The summed E-state index contributed by atoms with van der Waals surface area (Å²) < 4.78 is 40.1. The molecule has 2 aromatic rings. The second-order valence-electron chi connectivity index (χ2n) is 4.79. The van der Waals surface area contributed by atoms with Crippen LogP contribution in [-0.4, -0.2) is 9.55 Å². The van der Waals surface area contributed by atoms with E-state index in [0.29, 0.717) is 23.4 Å². The molecule has 1 aromatic heterocycles. The molecule has 1 unspecified atom stereocenters. The van der Waals surface area contributed by atoms with Crippen LogP contribution >= 0.6 is 11.6 Å². The third-order valence-corrected chi connectivity index (χ3v) is 3.39. The molecule has 0 aliphatic carbocycles. The van der Waals surface area contributed by atoms with E-state index in [4.69, 9.17) is 11.6 Å². The number of aromatic nitrogens is 2. The Kier molecular flexibility index (Phi) is 4.28. The molecule has 0 saturated carbocycles. The van der Waals surface area contributed by atoms with Gasteiger partial charge in [0.05, 0.1) is 22.0 Å². The van der Waals surface area contributed by atoms with Gasteiger partial charge in [-0.3, -0.25) is 0 Å². The molecule has 0 amide bonds. The van der Waals surface area contributed by atoms with Crippen molar-refractivity contribution < 1.29 is 13.2 Å². The minimum absolute atomic E-state index is 0.339. The van der Waals surface area contributed by atoms with E-state index < -0.39 is 11.7 Å². The lowest BCUT2D eigenvalue weighted by Crippen LogP contribution is -2.05. The zero-order valence-electron chi connectivity index (χ0n) is 11.3. The summed E-state index contributed by atoms with van der Waals surface area (Å²) in [6, 6.07) is 3.65. The van der Waals surface area contributed by atoms with Crippen LogP contribution in [-0.2, 0) is 12.7 Å². The molecular weight excluding hydrogens is 289 g/mol. The molecule has 0 spiro atoms. The first-order valence-electron chi connectivity index (χ1n) is 6.56. The highest BCUT2D eigenvalue weighted by atomic mass is 35.5. The predicted octanol–water partition coefficient (Wildman–Crippen LogP) is 5.16. The largest absolute Gasteiger partial charge is 0.416 e. The molecule has 2 nitrogen and oxygen atoms in total. The van der Waals surface area contributed by atoms with Gasteiger partial charge in [0, 0.05) is 6.54 Å². The van der Waals surface area contributed by atoms with Gasteiger partial charge in [-0.1, -0.05) is 13.3 Å². The highest BCUT2D eigenvalue weighted by molar-refractivity contribution is 6.20. The lowest BCUT2D eigenvalue weighted by Gasteiger charge is -2.10. The Morgan fingerprint density at radius 1 is 1.35 bits per heavy atom. The maximum Gasteiger partial charge on any atom is 0.416 e. The summed E-state index contributed by atoms with van der Waals surface area (Å²) >= 11 is 6.08. The number of alkyl halides is 4. The Bertz CT molecular complexity index is 602. The molecule has 6 heteroatoms. The second kappa shape index (κ2) is 5.64. The average Bonchev–Trinajstić information content (AvgIpc) is 2.73. The fraction of sp³-hybridized carbons (Fsp3) is 0.500. The predicted molar refractivity (Wildman–Crippen MR) is 73.9 cm³/mol. The molecule has 0 fully saturated rings. The van der Waals surface area contributed by atoms with Crippen LogP contribution in [0.15, 0.2) is 18.2 Å². The van der Waals surface area contributed by atoms with Gasteiger partial charge < -0.3 is 4.57 Å². The SMILES string of the molecule is CCCCn1c(C(C)Cl)nc2cc(C(F)(F)F)ccc21. The monoisotopic (exact) mass is 304 g/mol. The molecule has 0 aliphatic rings. The van der Waals surface area contributed by atoms with Crippen molar-refractivity contribution >= 4 is 22.6 Å². The normalized spacial score (nSPS) is 13.9. The van der Waals surface area contributed by atoms with Gasteiger partial charge in [-0.2, -0.15) is 13.2 Å². The van der Waals surface area contributed by atoms with Crippen LogP contribution in [0.2, 0.25) is 0 Å². The van der Waals surface area contributed by atoms with Crippen LogP contribution in [0.25, 0.3) is 11.0 Å². The maximum atomic E-state index is 12.7. The summed E-state index contributed by atoms with van der Waals surface area (Å²) in [6.07, 6.45) is -2.42. The number of hydrogen-bond acceptors (Lipinski definition) is 1. The van der Waals surface area contributed by atoms with E-state index in [-0.39, 0.29) is 5.38 Å². The molecule has 0 bridgehead atoms. The van der Waals surface area contributed by atoms with E-state index in [2.05, 4.69) is 11.9 Å². The van der Waals surface area contributed by atoms with Crippen molar-refractivity contribution in [2.75, 3.05) is 0 Å². The first-order valence-corrected chi connectivity index (χ1v) is 6.99. The molecular formula is C14H16ClF3N2. The third-order valence-electron chi connectivity index (χ3n) is 3.20. The van der Waals surface area contributed by atoms with Gasteiger partial charge in [-0.15, -0.1) is 11.6 Å². The first-order chi connectivity index (χ1) is 9.34. The van der Waals surface area contributed by atoms with Gasteiger partial charge in [0.15, 0.2) is 0 Å². The maximum absolute atomic E-state index is 12.7. The molecule has 1 heterocycles. The van der Waals surface area contributed by atoms with Crippen molar-refractivity contribution in [3.8, 4) is 0 Å². The number of unbranched alkanes of at least 4 members (excludes halogenated alkanes) is 1. The number of benzene rings is 1. The standard InChI is InChI=1S/C14H16ClF3N2/c1-3-4-7-20-12-6-5-10(14(16,17)18)8-11(12)19-13(20)9(2)15/h5-6,8-9H,3-4,7H2,1-2H3. The Labute approximate surface area is 120 Å². The minimum Gasteiger partial charge on any atom is -0.327 e. The van der Waals surface area contributed by atoms with Gasteiger partial charge in [-0.05, 0) is 31.5 Å². The van der Waals surface area contributed by atoms with Crippen LogP contribution in [0.4, 0.5) is 13.2 Å². The van der Waals surface area contributed by atoms with Gasteiger partial charge in [0.1, 0.15) is 5.82 Å². The molecule has 0 N–H and O–H groups in total. The van der Waals surface area contributed by atoms with Crippen LogP contribution in [0.5, 0.6) is 0 Å². The Hall–Kier alpha value is -1.23. The van der Waals surface area contributed by atoms with Crippen molar-refractivity contribution in [3.05, 3.63) is 29.6 Å². The Morgan fingerprint density at radius 3 is 2.60 bits per heavy atom. The number of hydrogen-bond donors (Lipinski definition) is 0. The summed E-state index contributed by atoms with van der Waals surface area (Å²) in [5.41, 5.74) is 0.367. The Balaban J connectivity index is 2.55. The number of imidazole rings is 1.